The van der Waals surface area contributed by atoms with Crippen molar-refractivity contribution in [3.63, 3.8) is 0 Å². The molecule has 0 aromatic heterocycles. The van der Waals surface area contributed by atoms with Crippen LogP contribution in [0.4, 0.5) is 0 Å². The maximum atomic E-state index is 3.42. The van der Waals surface area contributed by atoms with Gasteiger partial charge in [0.05, 0.1) is 0 Å². The summed E-state index contributed by atoms with van der Waals surface area (Å²) >= 11 is 3.42. The summed E-state index contributed by atoms with van der Waals surface area (Å²) in [5, 5.41) is 1.10. The van der Waals surface area contributed by atoms with E-state index < -0.39 is 0 Å². The summed E-state index contributed by atoms with van der Waals surface area (Å²) in [5.41, 5.74) is 1.55. The van der Waals surface area contributed by atoms with E-state index in [2.05, 4.69) is 35.9 Å². The highest BCUT2D eigenvalue weighted by Crippen LogP contribution is 2.08. The van der Waals surface area contributed by atoms with Gasteiger partial charge in [-0.1, -0.05) is 47.3 Å². The second-order valence-corrected chi connectivity index (χ2v) is 3.78. The molecule has 0 unspecified atom stereocenters. The van der Waals surface area contributed by atoms with Crippen LogP contribution in [0.1, 0.15) is 46.0 Å². The van der Waals surface area contributed by atoms with Crippen molar-refractivity contribution in [1.29, 1.82) is 0 Å². The fraction of sp³-hybridized carbons (Fsp3) is 0.800. The molecular weight excluding hydrogens is 200 g/mol. The van der Waals surface area contributed by atoms with Crippen LogP contribution < -0.4 is 0 Å². The van der Waals surface area contributed by atoms with Crippen LogP contribution in [0, 0.1) is 0 Å². The topological polar surface area (TPSA) is 0 Å². The zero-order chi connectivity index (χ0) is 8.53. The molecule has 0 aliphatic heterocycles. The molecule has 66 valence electrons. The van der Waals surface area contributed by atoms with E-state index in [4.69, 9.17) is 0 Å². The minimum atomic E-state index is 1.10. The van der Waals surface area contributed by atoms with E-state index in [1.165, 1.54) is 32.1 Å². The minimum Gasteiger partial charge on any atom is -0.0925 e. The first-order chi connectivity index (χ1) is 5.31. The molecule has 0 aromatic rings. The lowest BCUT2D eigenvalue weighted by Crippen LogP contribution is -1.79. The first kappa shape index (κ1) is 11.2. The summed E-state index contributed by atoms with van der Waals surface area (Å²) in [7, 11) is 0. The van der Waals surface area contributed by atoms with Crippen LogP contribution in [0.3, 0.4) is 0 Å². The van der Waals surface area contributed by atoms with Crippen LogP contribution in [0.2, 0.25) is 0 Å². The van der Waals surface area contributed by atoms with Crippen molar-refractivity contribution < 1.29 is 0 Å². The number of rotatable bonds is 6. The fourth-order valence-corrected chi connectivity index (χ4v) is 1.29. The molecule has 0 rings (SSSR count). The average Bonchev–Trinajstić information content (AvgIpc) is 2.01. The lowest BCUT2D eigenvalue weighted by atomic mass is 10.1. The normalized spacial score (nSPS) is 12.1. The number of hydrogen-bond acceptors (Lipinski definition) is 0. The van der Waals surface area contributed by atoms with E-state index in [1.54, 1.807) is 5.57 Å². The molecule has 0 fully saturated rings. The zero-order valence-corrected chi connectivity index (χ0v) is 9.28. The van der Waals surface area contributed by atoms with E-state index >= 15 is 0 Å². The predicted octanol–water partition coefficient (Wildman–Crippen LogP) is 4.30. The Labute approximate surface area is 79.2 Å². The van der Waals surface area contributed by atoms with Gasteiger partial charge in [0, 0.05) is 5.33 Å². The minimum absolute atomic E-state index is 1.10. The van der Waals surface area contributed by atoms with Crippen LogP contribution >= 0.6 is 15.9 Å². The molecule has 11 heavy (non-hydrogen) atoms. The fourth-order valence-electron chi connectivity index (χ4n) is 1.06. The van der Waals surface area contributed by atoms with Crippen LogP contribution in [0.25, 0.3) is 0 Å². The summed E-state index contributed by atoms with van der Waals surface area (Å²) < 4.78 is 0. The Morgan fingerprint density at radius 2 is 2.09 bits per heavy atom. The molecular formula is C10H19Br. The van der Waals surface area contributed by atoms with E-state index in [0.29, 0.717) is 0 Å². The number of halogens is 1. The van der Waals surface area contributed by atoms with Crippen molar-refractivity contribution >= 4 is 15.9 Å². The Balaban J connectivity index is 3.27. The standard InChI is InChI=1S/C10H19Br/c1-3-4-5-7-10(2)8-6-9-11/h8H,3-7,9H2,1-2H3. The second kappa shape index (κ2) is 8.32. The molecule has 0 heterocycles. The van der Waals surface area contributed by atoms with Gasteiger partial charge in [0.15, 0.2) is 0 Å². The number of hydrogen-bond donors (Lipinski definition) is 0. The summed E-state index contributed by atoms with van der Waals surface area (Å²) in [5.74, 6) is 0. The van der Waals surface area contributed by atoms with Crippen molar-refractivity contribution in [2.45, 2.75) is 46.0 Å². The van der Waals surface area contributed by atoms with Crippen LogP contribution in [0.5, 0.6) is 0 Å². The highest BCUT2D eigenvalue weighted by molar-refractivity contribution is 9.09. The van der Waals surface area contributed by atoms with E-state index in [0.717, 1.165) is 5.33 Å². The van der Waals surface area contributed by atoms with Crippen molar-refractivity contribution in [3.8, 4) is 0 Å². The maximum absolute atomic E-state index is 3.42. The highest BCUT2D eigenvalue weighted by atomic mass is 79.9. The Morgan fingerprint density at radius 3 is 2.64 bits per heavy atom. The molecule has 0 nitrogen and oxygen atoms in total. The quantitative estimate of drug-likeness (QED) is 0.355. The van der Waals surface area contributed by atoms with Gasteiger partial charge in [-0.25, -0.2) is 0 Å². The average molecular weight is 219 g/mol. The smallest absolute Gasteiger partial charge is 0.00660 e. The van der Waals surface area contributed by atoms with Crippen molar-refractivity contribution in [2.75, 3.05) is 5.33 Å². The molecule has 0 aromatic carbocycles. The Hall–Kier alpha value is 0.220. The first-order valence-corrected chi connectivity index (χ1v) is 5.65. The third-order valence-corrected chi connectivity index (χ3v) is 2.23. The zero-order valence-electron chi connectivity index (χ0n) is 7.70. The van der Waals surface area contributed by atoms with Gasteiger partial charge in [0.1, 0.15) is 0 Å². The molecule has 0 spiro atoms. The van der Waals surface area contributed by atoms with Gasteiger partial charge < -0.3 is 0 Å². The van der Waals surface area contributed by atoms with Crippen molar-refractivity contribution in [3.05, 3.63) is 11.6 Å². The molecule has 0 saturated carbocycles. The SMILES string of the molecule is CCCCCC(C)=CCCBr. The van der Waals surface area contributed by atoms with E-state index in [9.17, 15) is 0 Å². The lowest BCUT2D eigenvalue weighted by Gasteiger charge is -1.98. The van der Waals surface area contributed by atoms with Gasteiger partial charge in [-0.05, 0) is 26.2 Å². The van der Waals surface area contributed by atoms with Crippen LogP contribution in [-0.2, 0) is 0 Å². The monoisotopic (exact) mass is 218 g/mol. The molecule has 0 saturated heterocycles. The Morgan fingerprint density at radius 1 is 1.36 bits per heavy atom. The molecule has 0 amide bonds. The molecule has 1 heteroatoms. The van der Waals surface area contributed by atoms with Gasteiger partial charge in [0.2, 0.25) is 0 Å². The van der Waals surface area contributed by atoms with Gasteiger partial charge in [-0.15, -0.1) is 0 Å². The summed E-state index contributed by atoms with van der Waals surface area (Å²) in [6.45, 7) is 4.48. The third kappa shape index (κ3) is 8.12. The summed E-state index contributed by atoms with van der Waals surface area (Å²) in [6, 6.07) is 0. The summed E-state index contributed by atoms with van der Waals surface area (Å²) in [6.07, 6.45) is 8.87. The van der Waals surface area contributed by atoms with Gasteiger partial charge in [0.25, 0.3) is 0 Å². The van der Waals surface area contributed by atoms with E-state index in [-0.39, 0.29) is 0 Å². The van der Waals surface area contributed by atoms with Gasteiger partial charge in [-0.2, -0.15) is 0 Å². The molecule has 0 atom stereocenters. The van der Waals surface area contributed by atoms with Crippen molar-refractivity contribution in [1.82, 2.24) is 0 Å². The Kier molecular flexibility index (Phi) is 8.48. The molecule has 0 bridgehead atoms. The molecule has 0 aliphatic carbocycles. The van der Waals surface area contributed by atoms with Gasteiger partial charge in [-0.3, -0.25) is 0 Å². The van der Waals surface area contributed by atoms with Crippen LogP contribution in [0.15, 0.2) is 11.6 Å². The summed E-state index contributed by atoms with van der Waals surface area (Å²) in [4.78, 5) is 0. The number of allylic oxidation sites excluding steroid dienone is 2. The second-order valence-electron chi connectivity index (χ2n) is 2.99. The lowest BCUT2D eigenvalue weighted by molar-refractivity contribution is 0.712. The molecule has 0 aliphatic rings. The molecule has 0 radical (unpaired) electrons. The van der Waals surface area contributed by atoms with E-state index in [1.807, 2.05) is 0 Å². The number of unbranched alkanes of at least 4 members (excludes halogenated alkanes) is 2. The first-order valence-electron chi connectivity index (χ1n) is 4.52. The van der Waals surface area contributed by atoms with Crippen molar-refractivity contribution in [2.24, 2.45) is 0 Å². The maximum Gasteiger partial charge on any atom is 0.00660 e. The van der Waals surface area contributed by atoms with Gasteiger partial charge >= 0.3 is 0 Å². The Bertz CT molecular complexity index is 105. The molecule has 0 N–H and O–H groups in total. The predicted molar refractivity (Wildman–Crippen MR) is 56.3 cm³/mol. The number of alkyl halides is 1. The highest BCUT2D eigenvalue weighted by Gasteiger charge is 1.89. The van der Waals surface area contributed by atoms with Crippen LogP contribution in [-0.4, -0.2) is 5.33 Å². The largest absolute Gasteiger partial charge is 0.0925 e. The third-order valence-electron chi connectivity index (χ3n) is 1.78.